The van der Waals surface area contributed by atoms with Crippen LogP contribution in [0.2, 0.25) is 0 Å². The minimum atomic E-state index is -0.597. The van der Waals surface area contributed by atoms with E-state index < -0.39 is 6.10 Å². The molecule has 104 valence electrons. The molecule has 0 bridgehead atoms. The van der Waals surface area contributed by atoms with E-state index in [1.807, 2.05) is 42.5 Å². The first-order valence-electron chi connectivity index (χ1n) is 6.56. The normalized spacial score (nSPS) is 11.7. The van der Waals surface area contributed by atoms with Gasteiger partial charge in [0.15, 0.2) is 6.10 Å². The van der Waals surface area contributed by atoms with Crippen LogP contribution < -0.4 is 4.74 Å². The van der Waals surface area contributed by atoms with Gasteiger partial charge in [0.2, 0.25) is 0 Å². The van der Waals surface area contributed by atoms with Crippen LogP contribution in [0.5, 0.6) is 5.75 Å². The SMILES string of the molecule is COC(=O)[C@@H](C)Oc1ccc(Cc2ccccc2)cc1. The quantitative estimate of drug-likeness (QED) is 0.783. The first-order chi connectivity index (χ1) is 9.69. The number of carbonyl (C=O) groups is 1. The van der Waals surface area contributed by atoms with Gasteiger partial charge in [0, 0.05) is 0 Å². The maximum atomic E-state index is 11.3. The van der Waals surface area contributed by atoms with Gasteiger partial charge in [0.25, 0.3) is 0 Å². The van der Waals surface area contributed by atoms with Crippen molar-refractivity contribution in [2.45, 2.75) is 19.4 Å². The predicted molar refractivity (Wildman–Crippen MR) is 77.8 cm³/mol. The molecule has 2 rings (SSSR count). The number of rotatable bonds is 5. The summed E-state index contributed by atoms with van der Waals surface area (Å²) in [4.78, 5) is 11.3. The smallest absolute Gasteiger partial charge is 0.346 e. The summed E-state index contributed by atoms with van der Waals surface area (Å²) in [6.45, 7) is 1.67. The van der Waals surface area contributed by atoms with E-state index in [0.29, 0.717) is 5.75 Å². The van der Waals surface area contributed by atoms with E-state index in [-0.39, 0.29) is 5.97 Å². The Balaban J connectivity index is 1.98. The van der Waals surface area contributed by atoms with Crippen molar-refractivity contribution in [3.8, 4) is 5.75 Å². The molecule has 0 amide bonds. The van der Waals surface area contributed by atoms with Crippen LogP contribution in [0.3, 0.4) is 0 Å². The summed E-state index contributed by atoms with van der Waals surface area (Å²) in [5.41, 5.74) is 2.47. The summed E-state index contributed by atoms with van der Waals surface area (Å²) >= 11 is 0. The Kier molecular flexibility index (Phi) is 4.77. The zero-order valence-corrected chi connectivity index (χ0v) is 11.7. The molecule has 0 N–H and O–H groups in total. The van der Waals surface area contributed by atoms with Crippen LogP contribution in [0.1, 0.15) is 18.1 Å². The van der Waals surface area contributed by atoms with Crippen molar-refractivity contribution in [3.63, 3.8) is 0 Å². The van der Waals surface area contributed by atoms with Crippen molar-refractivity contribution in [3.05, 3.63) is 65.7 Å². The van der Waals surface area contributed by atoms with E-state index in [9.17, 15) is 4.79 Å². The molecule has 3 nitrogen and oxygen atoms in total. The molecule has 0 aliphatic heterocycles. The molecule has 0 aliphatic rings. The van der Waals surface area contributed by atoms with E-state index in [1.54, 1.807) is 6.92 Å². The van der Waals surface area contributed by atoms with Crippen molar-refractivity contribution in [2.24, 2.45) is 0 Å². The Morgan fingerprint density at radius 3 is 2.20 bits per heavy atom. The fourth-order valence-electron chi connectivity index (χ4n) is 1.94. The molecule has 0 aromatic heterocycles. The van der Waals surface area contributed by atoms with E-state index >= 15 is 0 Å². The van der Waals surface area contributed by atoms with Gasteiger partial charge in [-0.25, -0.2) is 4.79 Å². The van der Waals surface area contributed by atoms with E-state index in [2.05, 4.69) is 16.9 Å². The van der Waals surface area contributed by atoms with Gasteiger partial charge in [-0.15, -0.1) is 0 Å². The fourth-order valence-corrected chi connectivity index (χ4v) is 1.94. The van der Waals surface area contributed by atoms with Gasteiger partial charge in [-0.3, -0.25) is 0 Å². The molecule has 0 heterocycles. The molecule has 2 aromatic rings. The average molecular weight is 270 g/mol. The first kappa shape index (κ1) is 14.1. The summed E-state index contributed by atoms with van der Waals surface area (Å²) in [5.74, 6) is 0.290. The molecule has 3 heteroatoms. The van der Waals surface area contributed by atoms with Crippen molar-refractivity contribution < 1.29 is 14.3 Å². The van der Waals surface area contributed by atoms with E-state index in [1.165, 1.54) is 18.2 Å². The lowest BCUT2D eigenvalue weighted by atomic mass is 10.1. The minimum Gasteiger partial charge on any atom is -0.479 e. The number of methoxy groups -OCH3 is 1. The van der Waals surface area contributed by atoms with Crippen LogP contribution >= 0.6 is 0 Å². The van der Waals surface area contributed by atoms with Gasteiger partial charge in [0.05, 0.1) is 7.11 Å². The number of carbonyl (C=O) groups excluding carboxylic acids is 1. The van der Waals surface area contributed by atoms with Crippen molar-refractivity contribution in [1.82, 2.24) is 0 Å². The van der Waals surface area contributed by atoms with E-state index in [0.717, 1.165) is 6.42 Å². The third-order valence-electron chi connectivity index (χ3n) is 3.02. The van der Waals surface area contributed by atoms with Crippen molar-refractivity contribution >= 4 is 5.97 Å². The Bertz CT molecular complexity index is 546. The standard InChI is InChI=1S/C17H18O3/c1-13(17(18)19-2)20-16-10-8-15(9-11-16)12-14-6-4-3-5-7-14/h3-11,13H,12H2,1-2H3/t13-/m1/s1. The number of ether oxygens (including phenoxy) is 2. The molecular formula is C17H18O3. The highest BCUT2D eigenvalue weighted by Crippen LogP contribution is 2.16. The lowest BCUT2D eigenvalue weighted by Gasteiger charge is -2.12. The zero-order chi connectivity index (χ0) is 14.4. The Morgan fingerprint density at radius 2 is 1.60 bits per heavy atom. The van der Waals surface area contributed by atoms with Crippen molar-refractivity contribution in [1.29, 1.82) is 0 Å². The van der Waals surface area contributed by atoms with Gasteiger partial charge in [-0.05, 0) is 36.6 Å². The number of benzene rings is 2. The highest BCUT2D eigenvalue weighted by atomic mass is 16.6. The van der Waals surface area contributed by atoms with Crippen LogP contribution in [0.4, 0.5) is 0 Å². The summed E-state index contributed by atoms with van der Waals surface area (Å²) in [6, 6.07) is 18.0. The number of hydrogen-bond donors (Lipinski definition) is 0. The Hall–Kier alpha value is -2.29. The molecule has 0 spiro atoms. The summed E-state index contributed by atoms with van der Waals surface area (Å²) in [5, 5.41) is 0. The number of hydrogen-bond acceptors (Lipinski definition) is 3. The van der Waals surface area contributed by atoms with Gasteiger partial charge >= 0.3 is 5.97 Å². The molecule has 0 aliphatic carbocycles. The lowest BCUT2D eigenvalue weighted by molar-refractivity contribution is -0.147. The molecule has 0 fully saturated rings. The second-order valence-electron chi connectivity index (χ2n) is 4.59. The van der Waals surface area contributed by atoms with Crippen LogP contribution in [0.15, 0.2) is 54.6 Å². The second-order valence-corrected chi connectivity index (χ2v) is 4.59. The number of esters is 1. The Labute approximate surface area is 119 Å². The summed E-state index contributed by atoms with van der Waals surface area (Å²) < 4.78 is 10.1. The summed E-state index contributed by atoms with van der Waals surface area (Å²) in [6.07, 6.45) is 0.285. The topological polar surface area (TPSA) is 35.5 Å². The molecule has 1 atom stereocenters. The highest BCUT2D eigenvalue weighted by molar-refractivity contribution is 5.74. The monoisotopic (exact) mass is 270 g/mol. The van der Waals surface area contributed by atoms with Crippen LogP contribution in [-0.2, 0) is 16.0 Å². The predicted octanol–water partition coefficient (Wildman–Crippen LogP) is 3.22. The highest BCUT2D eigenvalue weighted by Gasteiger charge is 2.14. The lowest BCUT2D eigenvalue weighted by Crippen LogP contribution is -2.24. The molecule has 0 unspecified atom stereocenters. The van der Waals surface area contributed by atoms with Crippen LogP contribution in [0, 0.1) is 0 Å². The average Bonchev–Trinajstić information content (AvgIpc) is 2.49. The largest absolute Gasteiger partial charge is 0.479 e. The van der Waals surface area contributed by atoms with Crippen molar-refractivity contribution in [2.75, 3.05) is 7.11 Å². The van der Waals surface area contributed by atoms with Crippen LogP contribution in [-0.4, -0.2) is 19.2 Å². The summed E-state index contributed by atoms with van der Waals surface area (Å²) in [7, 11) is 1.35. The van der Waals surface area contributed by atoms with Gasteiger partial charge in [-0.1, -0.05) is 42.5 Å². The molecule has 0 saturated carbocycles. The third-order valence-corrected chi connectivity index (χ3v) is 3.02. The molecule has 2 aromatic carbocycles. The van der Waals surface area contributed by atoms with Gasteiger partial charge in [-0.2, -0.15) is 0 Å². The second kappa shape index (κ2) is 6.75. The zero-order valence-electron chi connectivity index (χ0n) is 11.7. The third kappa shape index (κ3) is 3.85. The van der Waals surface area contributed by atoms with E-state index in [4.69, 9.17) is 4.74 Å². The van der Waals surface area contributed by atoms with Gasteiger partial charge < -0.3 is 9.47 Å². The fraction of sp³-hybridized carbons (Fsp3) is 0.235. The molecule has 20 heavy (non-hydrogen) atoms. The first-order valence-corrected chi connectivity index (χ1v) is 6.56. The minimum absolute atomic E-state index is 0.377. The Morgan fingerprint density at radius 1 is 1.00 bits per heavy atom. The van der Waals surface area contributed by atoms with Crippen LogP contribution in [0.25, 0.3) is 0 Å². The molecule has 0 saturated heterocycles. The molecule has 0 radical (unpaired) electrons. The maximum absolute atomic E-state index is 11.3. The van der Waals surface area contributed by atoms with Gasteiger partial charge in [0.1, 0.15) is 5.75 Å². The maximum Gasteiger partial charge on any atom is 0.346 e. The molecular weight excluding hydrogens is 252 g/mol.